The minimum atomic E-state index is -2.87. The van der Waals surface area contributed by atoms with Crippen molar-refractivity contribution in [1.29, 1.82) is 0 Å². The number of fused-ring (bicyclic) bond motifs is 1. The van der Waals surface area contributed by atoms with Crippen LogP contribution in [0.15, 0.2) is 85.5 Å². The number of benzene rings is 2. The summed E-state index contributed by atoms with van der Waals surface area (Å²) in [5, 5.41) is 0. The van der Waals surface area contributed by atoms with Crippen LogP contribution in [0.1, 0.15) is 21.5 Å². The third-order valence-electron chi connectivity index (χ3n) is 4.19. The first-order valence-electron chi connectivity index (χ1n) is 8.82. The quantitative estimate of drug-likeness (QED) is 0.504. The van der Waals surface area contributed by atoms with E-state index in [1.807, 2.05) is 0 Å². The van der Waals surface area contributed by atoms with Gasteiger partial charge in [0.2, 0.25) is 0 Å². The highest BCUT2D eigenvalue weighted by Gasteiger charge is 2.11. The number of H-pyrrole nitrogens is 1. The van der Waals surface area contributed by atoms with E-state index in [4.69, 9.17) is 4.42 Å². The highest BCUT2D eigenvalue weighted by atomic mass is 32.2. The monoisotopic (exact) mass is 417 g/mol. The Bertz CT molecular complexity index is 1500. The molecule has 0 radical (unpaired) electrons. The van der Waals surface area contributed by atoms with Gasteiger partial charge in [0.1, 0.15) is 0 Å². The Labute approximate surface area is 172 Å². The standard InChI is InChI=1S/C22H15N3O4S/c1-30(28,18-5-3-2-4-6-18)25-21(26)17-11-16(13-23-14-17)8-7-15-9-10-20-19(12-15)24-22(27)29-20/h2-6,9-14H,1H3,(H,24,27)/t30-/m0/s1. The molecule has 0 bridgehead atoms. The summed E-state index contributed by atoms with van der Waals surface area (Å²) < 4.78 is 21.7. The Morgan fingerprint density at radius 2 is 1.83 bits per heavy atom. The predicted octanol–water partition coefficient (Wildman–Crippen LogP) is 3.21. The molecular weight excluding hydrogens is 402 g/mol. The van der Waals surface area contributed by atoms with Gasteiger partial charge in [0.25, 0.3) is 5.91 Å². The van der Waals surface area contributed by atoms with E-state index >= 15 is 0 Å². The van der Waals surface area contributed by atoms with E-state index < -0.39 is 21.4 Å². The van der Waals surface area contributed by atoms with E-state index in [-0.39, 0.29) is 5.56 Å². The average molecular weight is 417 g/mol. The lowest BCUT2D eigenvalue weighted by atomic mass is 10.1. The number of rotatable bonds is 2. The summed E-state index contributed by atoms with van der Waals surface area (Å²) >= 11 is 0. The molecule has 0 saturated heterocycles. The van der Waals surface area contributed by atoms with Gasteiger partial charge in [-0.25, -0.2) is 9.00 Å². The SMILES string of the molecule is C[S@@](=O)(=NC(=O)c1cncc(C#Cc2ccc3oc(=O)[nH]c3c2)c1)c1ccccc1. The Morgan fingerprint density at radius 3 is 2.63 bits per heavy atom. The van der Waals surface area contributed by atoms with Crippen LogP contribution in [0.5, 0.6) is 0 Å². The molecule has 0 saturated carbocycles. The normalized spacial score (nSPS) is 12.6. The van der Waals surface area contributed by atoms with Gasteiger partial charge in [-0.15, -0.1) is 0 Å². The summed E-state index contributed by atoms with van der Waals surface area (Å²) in [6.07, 6.45) is 4.30. The minimum Gasteiger partial charge on any atom is -0.408 e. The highest BCUT2D eigenvalue weighted by Crippen LogP contribution is 2.14. The maximum absolute atomic E-state index is 12.8. The molecule has 1 amide bonds. The minimum absolute atomic E-state index is 0.196. The number of pyridine rings is 1. The second-order valence-corrected chi connectivity index (χ2v) is 8.71. The van der Waals surface area contributed by atoms with Crippen molar-refractivity contribution in [1.82, 2.24) is 9.97 Å². The fraction of sp³-hybridized carbons (Fsp3) is 0.0455. The number of nitrogens with one attached hydrogen (secondary N) is 1. The molecule has 8 heteroatoms. The lowest BCUT2D eigenvalue weighted by Gasteiger charge is -2.03. The van der Waals surface area contributed by atoms with Crippen molar-refractivity contribution in [2.75, 3.05) is 6.26 Å². The summed E-state index contributed by atoms with van der Waals surface area (Å²) in [4.78, 5) is 30.9. The first-order chi connectivity index (χ1) is 14.4. The molecule has 0 aliphatic carbocycles. The number of amides is 1. The van der Waals surface area contributed by atoms with E-state index in [1.54, 1.807) is 54.6 Å². The number of carbonyl (C=O) groups excluding carboxylic acids is 1. The number of nitrogens with zero attached hydrogens (tertiary/aromatic N) is 2. The van der Waals surface area contributed by atoms with Crippen molar-refractivity contribution in [2.45, 2.75) is 4.90 Å². The average Bonchev–Trinajstić information content (AvgIpc) is 3.12. The third kappa shape index (κ3) is 4.21. The van der Waals surface area contributed by atoms with Gasteiger partial charge in [-0.05, 0) is 36.4 Å². The topological polar surface area (TPSA) is 105 Å². The van der Waals surface area contributed by atoms with Crippen LogP contribution < -0.4 is 5.76 Å². The van der Waals surface area contributed by atoms with Crippen molar-refractivity contribution in [2.24, 2.45) is 4.36 Å². The molecular formula is C22H15N3O4S. The van der Waals surface area contributed by atoms with Crippen LogP contribution in [0.25, 0.3) is 11.1 Å². The largest absolute Gasteiger partial charge is 0.417 e. The van der Waals surface area contributed by atoms with E-state index in [1.165, 1.54) is 18.6 Å². The van der Waals surface area contributed by atoms with Crippen LogP contribution in [0.3, 0.4) is 0 Å². The molecule has 7 nitrogen and oxygen atoms in total. The number of aromatic nitrogens is 2. The van der Waals surface area contributed by atoms with Crippen LogP contribution in [0, 0.1) is 11.8 Å². The first-order valence-corrected chi connectivity index (χ1v) is 10.7. The van der Waals surface area contributed by atoms with Gasteiger partial charge in [0, 0.05) is 34.7 Å². The van der Waals surface area contributed by atoms with Crippen LogP contribution in [0.2, 0.25) is 0 Å². The summed E-state index contributed by atoms with van der Waals surface area (Å²) in [6.45, 7) is 0. The molecule has 0 spiro atoms. The van der Waals surface area contributed by atoms with Crippen molar-refractivity contribution in [3.05, 3.63) is 94.2 Å². The maximum atomic E-state index is 12.8. The fourth-order valence-corrected chi connectivity index (χ4v) is 3.93. The summed E-state index contributed by atoms with van der Waals surface area (Å²) in [5.41, 5.74) is 2.34. The molecule has 0 fully saturated rings. The van der Waals surface area contributed by atoms with Gasteiger partial charge in [-0.3, -0.25) is 14.8 Å². The molecule has 148 valence electrons. The smallest absolute Gasteiger partial charge is 0.408 e. The third-order valence-corrected chi connectivity index (χ3v) is 5.85. The zero-order chi connectivity index (χ0) is 21.1. The predicted molar refractivity (Wildman–Crippen MR) is 113 cm³/mol. The number of hydrogen-bond donors (Lipinski definition) is 1. The zero-order valence-corrected chi connectivity index (χ0v) is 16.6. The molecule has 2 aromatic carbocycles. The highest BCUT2D eigenvalue weighted by molar-refractivity contribution is 7.93. The van der Waals surface area contributed by atoms with Crippen molar-refractivity contribution < 1.29 is 13.4 Å². The summed E-state index contributed by atoms with van der Waals surface area (Å²) in [5.74, 6) is 4.72. The molecule has 0 unspecified atom stereocenters. The Hall–Kier alpha value is -3.96. The Balaban J connectivity index is 1.62. The molecule has 2 heterocycles. The molecule has 1 N–H and O–H groups in total. The van der Waals surface area contributed by atoms with E-state index in [0.29, 0.717) is 27.1 Å². The molecule has 4 aromatic rings. The van der Waals surface area contributed by atoms with E-state index in [2.05, 4.69) is 26.2 Å². The molecule has 30 heavy (non-hydrogen) atoms. The lowest BCUT2D eigenvalue weighted by molar-refractivity contribution is 0.100. The maximum Gasteiger partial charge on any atom is 0.417 e. The van der Waals surface area contributed by atoms with Crippen molar-refractivity contribution in [3.8, 4) is 11.8 Å². The fourth-order valence-electron chi connectivity index (χ4n) is 2.74. The summed E-state index contributed by atoms with van der Waals surface area (Å²) in [7, 11) is -2.87. The number of aromatic amines is 1. The molecule has 4 rings (SSSR count). The Morgan fingerprint density at radius 1 is 1.07 bits per heavy atom. The first kappa shape index (κ1) is 19.4. The number of oxazole rings is 1. The molecule has 0 aliphatic heterocycles. The second-order valence-electron chi connectivity index (χ2n) is 6.45. The summed E-state index contributed by atoms with van der Waals surface area (Å²) in [6, 6.07) is 15.2. The van der Waals surface area contributed by atoms with Gasteiger partial charge in [0.15, 0.2) is 5.58 Å². The van der Waals surface area contributed by atoms with Crippen molar-refractivity contribution in [3.63, 3.8) is 0 Å². The van der Waals surface area contributed by atoms with Crippen LogP contribution in [-0.2, 0) is 9.73 Å². The van der Waals surface area contributed by atoms with Gasteiger partial charge in [0.05, 0.1) is 20.8 Å². The van der Waals surface area contributed by atoms with E-state index in [9.17, 15) is 13.8 Å². The van der Waals surface area contributed by atoms with Gasteiger partial charge in [-0.2, -0.15) is 4.36 Å². The number of hydrogen-bond acceptors (Lipinski definition) is 5. The molecule has 1 atom stereocenters. The zero-order valence-electron chi connectivity index (χ0n) is 15.8. The van der Waals surface area contributed by atoms with E-state index in [0.717, 1.165) is 0 Å². The van der Waals surface area contributed by atoms with Gasteiger partial charge >= 0.3 is 5.76 Å². The number of carbonyl (C=O) groups is 1. The Kier molecular flexibility index (Phi) is 5.04. The van der Waals surface area contributed by atoms with Crippen LogP contribution in [0.4, 0.5) is 0 Å². The van der Waals surface area contributed by atoms with Crippen LogP contribution >= 0.6 is 0 Å². The van der Waals surface area contributed by atoms with Crippen LogP contribution in [-0.4, -0.2) is 26.3 Å². The van der Waals surface area contributed by atoms with Gasteiger partial charge in [-0.1, -0.05) is 30.0 Å². The molecule has 0 aliphatic rings. The van der Waals surface area contributed by atoms with Gasteiger partial charge < -0.3 is 4.42 Å². The molecule has 2 aromatic heterocycles. The van der Waals surface area contributed by atoms with Crippen molar-refractivity contribution >= 4 is 26.7 Å². The lowest BCUT2D eigenvalue weighted by Crippen LogP contribution is -2.04. The second kappa shape index (κ2) is 7.81.